The first-order valence-corrected chi connectivity index (χ1v) is 4.72. The molecule has 1 heterocycles. The van der Waals surface area contributed by atoms with E-state index in [2.05, 4.69) is 4.99 Å². The molecule has 0 saturated heterocycles. The fourth-order valence-corrected chi connectivity index (χ4v) is 1.92. The molecule has 0 unspecified atom stereocenters. The number of ketones is 2. The molecule has 3 nitrogen and oxygen atoms in total. The third-order valence-corrected chi connectivity index (χ3v) is 2.59. The van der Waals surface area contributed by atoms with Crippen LogP contribution in [0.3, 0.4) is 0 Å². The van der Waals surface area contributed by atoms with E-state index in [1.54, 1.807) is 0 Å². The van der Waals surface area contributed by atoms with Crippen molar-refractivity contribution < 1.29 is 9.59 Å². The second-order valence-electron chi connectivity index (χ2n) is 3.60. The van der Waals surface area contributed by atoms with Gasteiger partial charge in [0.05, 0.1) is 12.1 Å². The zero-order valence-corrected chi connectivity index (χ0v) is 9.08. The highest BCUT2D eigenvalue weighted by atomic mass is 35.5. The molecule has 2 aliphatic rings. The van der Waals surface area contributed by atoms with Crippen LogP contribution in [0.5, 0.6) is 0 Å². The lowest BCUT2D eigenvalue weighted by atomic mass is 9.92. The van der Waals surface area contributed by atoms with Gasteiger partial charge in [0.2, 0.25) is 0 Å². The van der Waals surface area contributed by atoms with Crippen LogP contribution in [-0.4, -0.2) is 17.3 Å². The molecular weight excluding hydrogens is 226 g/mol. The first-order valence-electron chi connectivity index (χ1n) is 4.72. The Morgan fingerprint density at radius 3 is 2.69 bits per heavy atom. The van der Waals surface area contributed by atoms with Gasteiger partial charge in [0, 0.05) is 11.1 Å². The molecule has 3 rings (SSSR count). The number of aliphatic imine (C=N–C) groups is 1. The number of nitrogens with zero attached hydrogens (tertiary/aromatic N) is 1. The van der Waals surface area contributed by atoms with E-state index in [0.29, 0.717) is 11.3 Å². The van der Waals surface area contributed by atoms with Crippen LogP contribution in [0.2, 0.25) is 0 Å². The van der Waals surface area contributed by atoms with E-state index in [1.165, 1.54) is 6.08 Å². The van der Waals surface area contributed by atoms with Gasteiger partial charge in [-0.3, -0.25) is 9.59 Å². The molecule has 1 aliphatic carbocycles. The van der Waals surface area contributed by atoms with Crippen LogP contribution in [0.15, 0.2) is 35.3 Å². The van der Waals surface area contributed by atoms with E-state index in [-0.39, 0.29) is 30.4 Å². The van der Waals surface area contributed by atoms with Crippen LogP contribution in [-0.2, 0) is 9.59 Å². The molecule has 0 N–H and O–H groups in total. The topological polar surface area (TPSA) is 46.5 Å². The molecule has 0 fully saturated rings. The molecule has 1 aromatic rings. The van der Waals surface area contributed by atoms with Crippen molar-refractivity contribution in [2.24, 2.45) is 4.99 Å². The SMILES string of the molecule is Cl.O=C1C=C2C(=Nc3ccccc32)C(=O)C1. The lowest BCUT2D eigenvalue weighted by Gasteiger charge is -2.07. The third-order valence-electron chi connectivity index (χ3n) is 2.59. The van der Waals surface area contributed by atoms with Gasteiger partial charge in [0.1, 0.15) is 5.71 Å². The van der Waals surface area contributed by atoms with E-state index in [1.807, 2.05) is 24.3 Å². The minimum atomic E-state index is -0.172. The van der Waals surface area contributed by atoms with Crippen LogP contribution >= 0.6 is 12.4 Å². The number of rotatable bonds is 0. The number of halogens is 1. The van der Waals surface area contributed by atoms with Gasteiger partial charge in [-0.15, -0.1) is 12.4 Å². The average molecular weight is 234 g/mol. The van der Waals surface area contributed by atoms with Crippen molar-refractivity contribution in [1.82, 2.24) is 0 Å². The molecule has 1 aliphatic heterocycles. The van der Waals surface area contributed by atoms with Gasteiger partial charge in [-0.2, -0.15) is 0 Å². The molecular formula is C12H8ClNO2. The summed E-state index contributed by atoms with van der Waals surface area (Å²) >= 11 is 0. The fourth-order valence-electron chi connectivity index (χ4n) is 1.92. The smallest absolute Gasteiger partial charge is 0.189 e. The maximum atomic E-state index is 11.6. The van der Waals surface area contributed by atoms with Crippen LogP contribution < -0.4 is 0 Å². The largest absolute Gasteiger partial charge is 0.294 e. The molecule has 80 valence electrons. The lowest BCUT2D eigenvalue weighted by Crippen LogP contribution is -2.22. The van der Waals surface area contributed by atoms with Crippen molar-refractivity contribution >= 4 is 40.9 Å². The summed E-state index contributed by atoms with van der Waals surface area (Å²) in [7, 11) is 0. The number of fused-ring (bicyclic) bond motifs is 3. The normalized spacial score (nSPS) is 17.0. The van der Waals surface area contributed by atoms with E-state index < -0.39 is 0 Å². The summed E-state index contributed by atoms with van der Waals surface area (Å²) in [5.74, 6) is -0.306. The number of carbonyl (C=O) groups is 2. The number of para-hydroxylation sites is 1. The number of benzene rings is 1. The van der Waals surface area contributed by atoms with E-state index in [9.17, 15) is 9.59 Å². The average Bonchev–Trinajstić information content (AvgIpc) is 2.57. The Morgan fingerprint density at radius 2 is 1.88 bits per heavy atom. The standard InChI is InChI=1S/C12H7NO2.ClH/c14-7-5-9-8-3-1-2-4-10(8)13-12(9)11(15)6-7;/h1-5H,6H2;1H. The van der Waals surface area contributed by atoms with Crippen LogP contribution in [0, 0.1) is 0 Å². The molecule has 0 bridgehead atoms. The predicted molar refractivity (Wildman–Crippen MR) is 63.4 cm³/mol. The molecule has 0 aromatic heterocycles. The maximum Gasteiger partial charge on any atom is 0.189 e. The minimum absolute atomic E-state index is 0. The summed E-state index contributed by atoms with van der Waals surface area (Å²) in [6.07, 6.45) is 1.47. The highest BCUT2D eigenvalue weighted by Gasteiger charge is 2.30. The summed E-state index contributed by atoms with van der Waals surface area (Å²) in [6.45, 7) is 0. The second-order valence-corrected chi connectivity index (χ2v) is 3.60. The van der Waals surface area contributed by atoms with Crippen LogP contribution in [0.4, 0.5) is 5.69 Å². The number of allylic oxidation sites excluding steroid dienone is 2. The van der Waals surface area contributed by atoms with Crippen molar-refractivity contribution in [3.63, 3.8) is 0 Å². The first kappa shape index (κ1) is 10.8. The second kappa shape index (κ2) is 3.68. The van der Waals surface area contributed by atoms with Crippen molar-refractivity contribution in [2.75, 3.05) is 0 Å². The van der Waals surface area contributed by atoms with E-state index in [0.717, 1.165) is 11.3 Å². The Kier molecular flexibility index (Phi) is 2.48. The van der Waals surface area contributed by atoms with Crippen molar-refractivity contribution in [2.45, 2.75) is 6.42 Å². The van der Waals surface area contributed by atoms with Crippen molar-refractivity contribution in [1.29, 1.82) is 0 Å². The summed E-state index contributed by atoms with van der Waals surface area (Å²) in [5.41, 5.74) is 2.79. The number of Topliss-reactive ketones (excluding diaryl/α,β-unsaturated/α-hetero) is 1. The molecule has 0 spiro atoms. The Labute approximate surface area is 98.3 Å². The minimum Gasteiger partial charge on any atom is -0.294 e. The Hall–Kier alpha value is -1.74. The molecule has 0 radical (unpaired) electrons. The van der Waals surface area contributed by atoms with E-state index >= 15 is 0 Å². The molecule has 0 amide bonds. The Morgan fingerprint density at radius 1 is 1.12 bits per heavy atom. The van der Waals surface area contributed by atoms with Gasteiger partial charge in [-0.1, -0.05) is 18.2 Å². The summed E-state index contributed by atoms with van der Waals surface area (Å²) in [4.78, 5) is 27.1. The van der Waals surface area contributed by atoms with Gasteiger partial charge in [-0.25, -0.2) is 4.99 Å². The Bertz CT molecular complexity index is 558. The zero-order valence-electron chi connectivity index (χ0n) is 8.27. The summed E-state index contributed by atoms with van der Waals surface area (Å²) < 4.78 is 0. The van der Waals surface area contributed by atoms with Crippen LogP contribution in [0.1, 0.15) is 12.0 Å². The van der Waals surface area contributed by atoms with Gasteiger partial charge in [0.25, 0.3) is 0 Å². The monoisotopic (exact) mass is 233 g/mol. The fraction of sp³-hybridized carbons (Fsp3) is 0.0833. The maximum absolute atomic E-state index is 11.6. The summed E-state index contributed by atoms with van der Waals surface area (Å²) in [5, 5.41) is 0. The highest BCUT2D eigenvalue weighted by molar-refractivity contribution is 6.63. The predicted octanol–water partition coefficient (Wildman–Crippen LogP) is 2.12. The summed E-state index contributed by atoms with van der Waals surface area (Å²) in [6, 6.07) is 7.47. The number of carbonyl (C=O) groups excluding carboxylic acids is 2. The van der Waals surface area contributed by atoms with Gasteiger partial charge in [-0.05, 0) is 12.1 Å². The number of hydrogen-bond acceptors (Lipinski definition) is 3. The zero-order chi connectivity index (χ0) is 10.4. The van der Waals surface area contributed by atoms with Crippen LogP contribution in [0.25, 0.3) is 5.57 Å². The molecule has 4 heteroatoms. The molecule has 0 atom stereocenters. The Balaban J connectivity index is 0.000000963. The van der Waals surface area contributed by atoms with Gasteiger partial charge in [0.15, 0.2) is 11.6 Å². The number of hydrogen-bond donors (Lipinski definition) is 0. The van der Waals surface area contributed by atoms with E-state index in [4.69, 9.17) is 0 Å². The van der Waals surface area contributed by atoms with Gasteiger partial charge < -0.3 is 0 Å². The van der Waals surface area contributed by atoms with Crippen molar-refractivity contribution in [3.8, 4) is 0 Å². The van der Waals surface area contributed by atoms with Gasteiger partial charge >= 0.3 is 0 Å². The third kappa shape index (κ3) is 1.41. The first-order chi connectivity index (χ1) is 7.25. The highest BCUT2D eigenvalue weighted by Crippen LogP contribution is 2.36. The molecule has 1 aromatic carbocycles. The molecule has 0 saturated carbocycles. The quantitative estimate of drug-likeness (QED) is 0.645. The lowest BCUT2D eigenvalue weighted by molar-refractivity contribution is -0.121. The van der Waals surface area contributed by atoms with Crippen molar-refractivity contribution in [3.05, 3.63) is 35.9 Å². The molecule has 16 heavy (non-hydrogen) atoms.